The Kier molecular flexibility index (Phi) is 5.67. The smallest absolute Gasteiger partial charge is 0.319 e. The van der Waals surface area contributed by atoms with E-state index in [9.17, 15) is 4.79 Å². The van der Waals surface area contributed by atoms with Crippen LogP contribution in [0.2, 0.25) is 5.02 Å². The molecule has 2 N–H and O–H groups in total. The zero-order valence-corrected chi connectivity index (χ0v) is 13.6. The third-order valence-corrected chi connectivity index (χ3v) is 4.07. The summed E-state index contributed by atoms with van der Waals surface area (Å²) in [6.07, 6.45) is 0.707. The number of carbonyl (C=O) groups excluding carboxylic acids is 1. The fourth-order valence-corrected chi connectivity index (χ4v) is 2.49. The molecule has 2 aromatic carbocycles. The molecule has 2 aromatic rings. The summed E-state index contributed by atoms with van der Waals surface area (Å²) in [4.78, 5) is 11.8. The SMILES string of the molecule is O=C(NCCc1ccccc1Cl)Nc1ccccc1I. The lowest BCUT2D eigenvalue weighted by Crippen LogP contribution is -2.30. The van der Waals surface area contributed by atoms with Gasteiger partial charge >= 0.3 is 6.03 Å². The molecule has 0 aliphatic carbocycles. The molecule has 0 bridgehead atoms. The Hall–Kier alpha value is -1.27. The van der Waals surface area contributed by atoms with Gasteiger partial charge in [0.2, 0.25) is 0 Å². The lowest BCUT2D eigenvalue weighted by atomic mass is 10.1. The molecule has 104 valence electrons. The number of benzene rings is 2. The summed E-state index contributed by atoms with van der Waals surface area (Å²) in [6.45, 7) is 0.541. The van der Waals surface area contributed by atoms with Gasteiger partial charge in [-0.25, -0.2) is 4.79 Å². The molecule has 20 heavy (non-hydrogen) atoms. The Balaban J connectivity index is 1.82. The van der Waals surface area contributed by atoms with Crippen molar-refractivity contribution in [3.8, 4) is 0 Å². The average molecular weight is 401 g/mol. The van der Waals surface area contributed by atoms with Gasteiger partial charge in [-0.15, -0.1) is 0 Å². The second kappa shape index (κ2) is 7.50. The predicted molar refractivity (Wildman–Crippen MR) is 91.3 cm³/mol. The van der Waals surface area contributed by atoms with Gasteiger partial charge < -0.3 is 10.6 Å². The lowest BCUT2D eigenvalue weighted by molar-refractivity contribution is 0.252. The van der Waals surface area contributed by atoms with Crippen LogP contribution < -0.4 is 10.6 Å². The number of amides is 2. The molecule has 0 aromatic heterocycles. The third kappa shape index (κ3) is 4.38. The maximum Gasteiger partial charge on any atom is 0.319 e. The van der Waals surface area contributed by atoms with E-state index in [2.05, 4.69) is 33.2 Å². The Morgan fingerprint density at radius 1 is 1.10 bits per heavy atom. The molecule has 2 amide bonds. The Morgan fingerprint density at radius 2 is 1.80 bits per heavy atom. The van der Waals surface area contributed by atoms with Gasteiger partial charge in [0.05, 0.1) is 5.69 Å². The highest BCUT2D eigenvalue weighted by atomic mass is 127. The molecule has 0 heterocycles. The number of urea groups is 1. The van der Waals surface area contributed by atoms with Gasteiger partial charge in [-0.05, 0) is 52.8 Å². The van der Waals surface area contributed by atoms with E-state index in [0.717, 1.165) is 19.8 Å². The second-order valence-corrected chi connectivity index (χ2v) is 5.77. The molecule has 0 atom stereocenters. The summed E-state index contributed by atoms with van der Waals surface area (Å²) in [5.74, 6) is 0. The molecule has 0 unspecified atom stereocenters. The normalized spacial score (nSPS) is 10.1. The van der Waals surface area contributed by atoms with Crippen LogP contribution >= 0.6 is 34.2 Å². The zero-order chi connectivity index (χ0) is 14.4. The molecule has 0 radical (unpaired) electrons. The number of rotatable bonds is 4. The van der Waals surface area contributed by atoms with Crippen molar-refractivity contribution in [2.75, 3.05) is 11.9 Å². The number of nitrogens with one attached hydrogen (secondary N) is 2. The van der Waals surface area contributed by atoms with E-state index >= 15 is 0 Å². The van der Waals surface area contributed by atoms with Crippen LogP contribution in [0.25, 0.3) is 0 Å². The van der Waals surface area contributed by atoms with Crippen molar-refractivity contribution < 1.29 is 4.79 Å². The first-order valence-electron chi connectivity index (χ1n) is 6.19. The van der Waals surface area contributed by atoms with Crippen molar-refractivity contribution in [2.24, 2.45) is 0 Å². The van der Waals surface area contributed by atoms with E-state index in [0.29, 0.717) is 13.0 Å². The summed E-state index contributed by atoms with van der Waals surface area (Å²) in [5, 5.41) is 6.37. The van der Waals surface area contributed by atoms with Gasteiger partial charge in [0.25, 0.3) is 0 Å². The molecule has 0 aliphatic rings. The Bertz CT molecular complexity index is 604. The van der Waals surface area contributed by atoms with Gasteiger partial charge in [-0.1, -0.05) is 41.9 Å². The number of anilines is 1. The maximum absolute atomic E-state index is 11.8. The molecule has 0 spiro atoms. The van der Waals surface area contributed by atoms with Gasteiger partial charge in [0, 0.05) is 15.1 Å². The van der Waals surface area contributed by atoms with Crippen LogP contribution in [0, 0.1) is 3.57 Å². The predicted octanol–water partition coefficient (Wildman–Crippen LogP) is 4.31. The first kappa shape index (κ1) is 15.1. The molecule has 0 saturated carbocycles. The number of para-hydroxylation sites is 1. The molecule has 0 fully saturated rings. The summed E-state index contributed by atoms with van der Waals surface area (Å²) < 4.78 is 1.01. The molecular weight excluding hydrogens is 387 g/mol. The van der Waals surface area contributed by atoms with Gasteiger partial charge in [-0.2, -0.15) is 0 Å². The zero-order valence-electron chi connectivity index (χ0n) is 10.7. The highest BCUT2D eigenvalue weighted by molar-refractivity contribution is 14.1. The van der Waals surface area contributed by atoms with Crippen LogP contribution in [0.1, 0.15) is 5.56 Å². The highest BCUT2D eigenvalue weighted by Gasteiger charge is 2.04. The standard InChI is InChI=1S/C15H14ClIN2O/c16-12-6-2-1-5-11(12)9-10-18-15(20)19-14-8-4-3-7-13(14)17/h1-8H,9-10H2,(H2,18,19,20). The summed E-state index contributed by atoms with van der Waals surface area (Å²) in [5.41, 5.74) is 1.84. The molecular formula is C15H14ClIN2O. The molecule has 3 nitrogen and oxygen atoms in total. The topological polar surface area (TPSA) is 41.1 Å². The van der Waals surface area contributed by atoms with E-state index in [4.69, 9.17) is 11.6 Å². The van der Waals surface area contributed by atoms with Crippen molar-refractivity contribution in [2.45, 2.75) is 6.42 Å². The number of carbonyl (C=O) groups is 1. The maximum atomic E-state index is 11.8. The molecule has 2 rings (SSSR count). The van der Waals surface area contributed by atoms with Gasteiger partial charge in [-0.3, -0.25) is 0 Å². The monoisotopic (exact) mass is 400 g/mol. The lowest BCUT2D eigenvalue weighted by Gasteiger charge is -2.09. The number of hydrogen-bond acceptors (Lipinski definition) is 1. The van der Waals surface area contributed by atoms with E-state index in [1.165, 1.54) is 0 Å². The van der Waals surface area contributed by atoms with Crippen molar-refractivity contribution in [1.82, 2.24) is 5.32 Å². The second-order valence-electron chi connectivity index (χ2n) is 4.20. The van der Waals surface area contributed by atoms with Crippen LogP contribution in [-0.4, -0.2) is 12.6 Å². The average Bonchev–Trinajstić information content (AvgIpc) is 2.43. The minimum atomic E-state index is -0.207. The van der Waals surface area contributed by atoms with Crippen molar-refractivity contribution in [1.29, 1.82) is 0 Å². The minimum Gasteiger partial charge on any atom is -0.338 e. The van der Waals surface area contributed by atoms with Crippen LogP contribution in [0.3, 0.4) is 0 Å². The van der Waals surface area contributed by atoms with E-state index in [1.54, 1.807) is 0 Å². The molecule has 0 saturated heterocycles. The largest absolute Gasteiger partial charge is 0.338 e. The van der Waals surface area contributed by atoms with Crippen molar-refractivity contribution >= 4 is 45.9 Å². The molecule has 5 heteroatoms. The molecule has 0 aliphatic heterocycles. The minimum absolute atomic E-state index is 0.207. The summed E-state index contributed by atoms with van der Waals surface area (Å²) in [6, 6.07) is 15.1. The van der Waals surface area contributed by atoms with E-state index in [1.807, 2.05) is 48.5 Å². The fraction of sp³-hybridized carbons (Fsp3) is 0.133. The Labute approximate surface area is 136 Å². The van der Waals surface area contributed by atoms with Gasteiger partial charge in [0.1, 0.15) is 0 Å². The number of hydrogen-bond donors (Lipinski definition) is 2. The summed E-state index contributed by atoms with van der Waals surface area (Å²) in [7, 11) is 0. The summed E-state index contributed by atoms with van der Waals surface area (Å²) >= 11 is 8.25. The number of halogens is 2. The van der Waals surface area contributed by atoms with Crippen LogP contribution in [0.15, 0.2) is 48.5 Å². The Morgan fingerprint density at radius 3 is 2.55 bits per heavy atom. The van der Waals surface area contributed by atoms with Crippen molar-refractivity contribution in [3.63, 3.8) is 0 Å². The highest BCUT2D eigenvalue weighted by Crippen LogP contribution is 2.17. The van der Waals surface area contributed by atoms with E-state index < -0.39 is 0 Å². The fourth-order valence-electron chi connectivity index (χ4n) is 1.74. The van der Waals surface area contributed by atoms with Crippen LogP contribution in [-0.2, 0) is 6.42 Å². The van der Waals surface area contributed by atoms with Crippen molar-refractivity contribution in [3.05, 3.63) is 62.7 Å². The first-order valence-corrected chi connectivity index (χ1v) is 7.65. The van der Waals surface area contributed by atoms with Gasteiger partial charge in [0.15, 0.2) is 0 Å². The van der Waals surface area contributed by atoms with E-state index in [-0.39, 0.29) is 6.03 Å². The third-order valence-electron chi connectivity index (χ3n) is 2.76. The van der Waals surface area contributed by atoms with Crippen LogP contribution in [0.4, 0.5) is 10.5 Å². The van der Waals surface area contributed by atoms with Crippen LogP contribution in [0.5, 0.6) is 0 Å². The first-order chi connectivity index (χ1) is 9.66. The quantitative estimate of drug-likeness (QED) is 0.738.